The molecular formula is C89H63N5. The van der Waals surface area contributed by atoms with Crippen LogP contribution in [0.2, 0.25) is 0 Å². The van der Waals surface area contributed by atoms with Crippen LogP contribution in [0.3, 0.4) is 0 Å². The van der Waals surface area contributed by atoms with E-state index in [0.29, 0.717) is 5.82 Å². The van der Waals surface area contributed by atoms with Crippen LogP contribution in [-0.2, 0) is 16.2 Å². The molecule has 0 unspecified atom stereocenters. The van der Waals surface area contributed by atoms with Gasteiger partial charge >= 0.3 is 0 Å². The van der Waals surface area contributed by atoms with Crippen molar-refractivity contribution in [3.05, 3.63) is 306 Å². The average molecular weight is 1200 g/mol. The summed E-state index contributed by atoms with van der Waals surface area (Å²) in [5.74, 6) is 0.678. The van der Waals surface area contributed by atoms with Crippen LogP contribution < -0.4 is 0 Å². The van der Waals surface area contributed by atoms with Crippen molar-refractivity contribution in [3.63, 3.8) is 0 Å². The fraction of sp³-hybridized carbons (Fsp3) is 0.101. The maximum absolute atomic E-state index is 5.63. The summed E-state index contributed by atoms with van der Waals surface area (Å²) in [5, 5.41) is 8.56. The molecular weight excluding hydrogens is 1140 g/mol. The van der Waals surface area contributed by atoms with Gasteiger partial charge in [0.05, 0.1) is 44.3 Å². The Morgan fingerprint density at radius 1 is 0.234 bits per heavy atom. The Bertz CT molecular complexity index is 6160. The second-order valence-electron chi connectivity index (χ2n) is 28.1. The monoisotopic (exact) mass is 1200 g/mol. The molecule has 0 radical (unpaired) electrons. The Balaban J connectivity index is 0.723. The van der Waals surface area contributed by atoms with Crippen LogP contribution in [0.15, 0.2) is 273 Å². The van der Waals surface area contributed by atoms with Crippen molar-refractivity contribution in [1.82, 2.24) is 23.7 Å². The van der Waals surface area contributed by atoms with E-state index in [1.807, 2.05) is 0 Å². The van der Waals surface area contributed by atoms with E-state index < -0.39 is 0 Å². The van der Waals surface area contributed by atoms with Crippen molar-refractivity contribution in [3.8, 4) is 84.2 Å². The minimum absolute atomic E-state index is 0.0881. The molecule has 0 amide bonds. The van der Waals surface area contributed by atoms with E-state index in [2.05, 4.69) is 328 Å². The van der Waals surface area contributed by atoms with E-state index in [4.69, 9.17) is 9.97 Å². The topological polar surface area (TPSA) is 40.6 Å². The molecule has 0 atom stereocenters. The Hall–Kier alpha value is -11.4. The zero-order valence-electron chi connectivity index (χ0n) is 53.2. The number of para-hydroxylation sites is 3. The van der Waals surface area contributed by atoms with Gasteiger partial charge in [-0.1, -0.05) is 199 Å². The van der Waals surface area contributed by atoms with Gasteiger partial charge in [-0.2, -0.15) is 0 Å². The average Bonchev–Trinajstić information content (AvgIpc) is 1.56. The van der Waals surface area contributed by atoms with Gasteiger partial charge in [0.1, 0.15) is 0 Å². The van der Waals surface area contributed by atoms with Crippen molar-refractivity contribution < 1.29 is 0 Å². The molecule has 5 heteroatoms. The molecule has 3 aliphatic rings. The maximum Gasteiger partial charge on any atom is 0.160 e. The molecule has 0 N–H and O–H groups in total. The zero-order valence-corrected chi connectivity index (χ0v) is 53.2. The lowest BCUT2D eigenvalue weighted by Gasteiger charge is -2.21. The molecule has 94 heavy (non-hydrogen) atoms. The SMILES string of the molecule is CC1(C)c2ccccc2-c2cc3c(cc21)c1ccccc1n3-c1ccc(-c2ccc3nc(-c4ccc(-n5c6ccccc6c6cc7c(cc65)-c5ccccc5C7(C)C)cc4)nc(-c4ccc(-n5c6ccccc6c6cc7c(cc65)-c5ccccc5C7(C)C)cc4)c3c2)cc1. The van der Waals surface area contributed by atoms with Crippen molar-refractivity contribution in [2.75, 3.05) is 0 Å². The second-order valence-corrected chi connectivity index (χ2v) is 28.1. The van der Waals surface area contributed by atoms with E-state index in [1.54, 1.807) is 0 Å². The highest BCUT2D eigenvalue weighted by atomic mass is 15.0. The molecule has 0 bridgehead atoms. The van der Waals surface area contributed by atoms with Gasteiger partial charge in [0.25, 0.3) is 0 Å². The first-order valence-corrected chi connectivity index (χ1v) is 33.0. The standard InChI is InChI=1S/C89H63N5/c1-87(2)72-25-13-7-19-59(72)65-49-82-68(46-75(65)87)62-22-10-16-28-79(62)92(82)56-38-31-52(32-39-56)55-37-44-78-71(45-55)85(53-33-40-57(41-34-53)93-80-29-17-11-23-63(80)69-47-76-66(50-83(69)93)60-20-8-14-26-73(60)88(76,3)4)91-86(90-78)54-35-42-58(43-36-54)94-81-30-18-12-24-64(81)70-48-77-67(51-84(70)94)61-21-9-15-27-74(61)89(77,5)6/h7-51H,1-6H3. The Morgan fingerprint density at radius 2 is 0.574 bits per heavy atom. The van der Waals surface area contributed by atoms with Crippen LogP contribution in [0.25, 0.3) is 161 Å². The van der Waals surface area contributed by atoms with Gasteiger partial charge in [0.15, 0.2) is 5.82 Å². The lowest BCUT2D eigenvalue weighted by atomic mass is 9.82. The van der Waals surface area contributed by atoms with Crippen LogP contribution in [0.1, 0.15) is 74.9 Å². The molecule has 0 spiro atoms. The lowest BCUT2D eigenvalue weighted by Crippen LogP contribution is -2.14. The molecule has 0 saturated heterocycles. The summed E-state index contributed by atoms with van der Waals surface area (Å²) in [6.45, 7) is 14.2. The summed E-state index contributed by atoms with van der Waals surface area (Å²) in [6.07, 6.45) is 0. The number of nitrogens with zero attached hydrogens (tertiary/aromatic N) is 5. The number of rotatable bonds is 6. The number of hydrogen-bond donors (Lipinski definition) is 0. The van der Waals surface area contributed by atoms with Crippen LogP contribution in [0.4, 0.5) is 0 Å². The van der Waals surface area contributed by atoms with Gasteiger partial charge in [-0.15, -0.1) is 0 Å². The van der Waals surface area contributed by atoms with Crippen molar-refractivity contribution in [2.24, 2.45) is 0 Å². The Labute approximate surface area is 545 Å². The highest BCUT2D eigenvalue weighted by molar-refractivity contribution is 6.14. The van der Waals surface area contributed by atoms with Crippen LogP contribution in [0.5, 0.6) is 0 Å². The highest BCUT2D eigenvalue weighted by Gasteiger charge is 2.39. The van der Waals surface area contributed by atoms with Gasteiger partial charge in [0, 0.05) is 82.1 Å². The molecule has 444 valence electrons. The van der Waals surface area contributed by atoms with Crippen molar-refractivity contribution >= 4 is 76.3 Å². The van der Waals surface area contributed by atoms with E-state index >= 15 is 0 Å². The van der Waals surface area contributed by atoms with E-state index in [-0.39, 0.29) is 16.2 Å². The van der Waals surface area contributed by atoms with E-state index in [1.165, 1.54) is 132 Å². The van der Waals surface area contributed by atoms with Crippen LogP contribution in [0, 0.1) is 0 Å². The maximum atomic E-state index is 5.63. The third-order valence-electron chi connectivity index (χ3n) is 22.1. The van der Waals surface area contributed by atoms with Gasteiger partial charge in [0.2, 0.25) is 0 Å². The highest BCUT2D eigenvalue weighted by Crippen LogP contribution is 2.55. The smallest absolute Gasteiger partial charge is 0.160 e. The van der Waals surface area contributed by atoms with Gasteiger partial charge in [-0.05, 0) is 193 Å². The molecule has 0 saturated carbocycles. The van der Waals surface area contributed by atoms with Crippen LogP contribution >= 0.6 is 0 Å². The number of benzene rings is 13. The number of aromatic nitrogens is 5. The largest absolute Gasteiger partial charge is 0.309 e. The second kappa shape index (κ2) is 18.9. The first-order valence-electron chi connectivity index (χ1n) is 33.0. The fourth-order valence-corrected chi connectivity index (χ4v) is 17.3. The summed E-state index contributed by atoms with van der Waals surface area (Å²) in [6, 6.07) is 102. The lowest BCUT2D eigenvalue weighted by molar-refractivity contribution is 0.661. The minimum Gasteiger partial charge on any atom is -0.309 e. The summed E-state index contributed by atoms with van der Waals surface area (Å²) < 4.78 is 7.33. The first-order chi connectivity index (χ1) is 45.9. The third kappa shape index (κ3) is 7.24. The van der Waals surface area contributed by atoms with Crippen molar-refractivity contribution in [2.45, 2.75) is 57.8 Å². The Morgan fingerprint density at radius 3 is 0.979 bits per heavy atom. The molecule has 0 aliphatic heterocycles. The summed E-state index contributed by atoms with van der Waals surface area (Å²) in [7, 11) is 0. The quantitative estimate of drug-likeness (QED) is 0.166. The number of fused-ring (bicyclic) bond motifs is 19. The summed E-state index contributed by atoms with van der Waals surface area (Å²) >= 11 is 0. The predicted octanol–water partition coefficient (Wildman–Crippen LogP) is 22.8. The van der Waals surface area contributed by atoms with Gasteiger partial charge < -0.3 is 13.7 Å². The molecule has 3 aliphatic carbocycles. The van der Waals surface area contributed by atoms with Gasteiger partial charge in [-0.25, -0.2) is 9.97 Å². The predicted molar refractivity (Wildman–Crippen MR) is 392 cm³/mol. The summed E-state index contributed by atoms with van der Waals surface area (Å²) in [4.78, 5) is 11.1. The first kappa shape index (κ1) is 53.3. The molecule has 5 nitrogen and oxygen atoms in total. The fourth-order valence-electron chi connectivity index (χ4n) is 17.3. The number of hydrogen-bond acceptors (Lipinski definition) is 2. The minimum atomic E-state index is -0.103. The van der Waals surface area contributed by atoms with E-state index in [9.17, 15) is 0 Å². The molecule has 0 fully saturated rings. The molecule has 13 aromatic carbocycles. The normalized spacial score (nSPS) is 14.5. The van der Waals surface area contributed by atoms with Crippen LogP contribution in [-0.4, -0.2) is 23.7 Å². The third-order valence-corrected chi connectivity index (χ3v) is 22.1. The molecule has 4 heterocycles. The van der Waals surface area contributed by atoms with Crippen molar-refractivity contribution in [1.29, 1.82) is 0 Å². The van der Waals surface area contributed by atoms with Gasteiger partial charge in [-0.3, -0.25) is 0 Å². The molecule has 20 rings (SSSR count). The zero-order chi connectivity index (χ0) is 62.7. The molecule has 17 aromatic rings. The summed E-state index contributed by atoms with van der Waals surface area (Å²) in [5.41, 5.74) is 32.4. The molecule has 4 aromatic heterocycles. The Kier molecular flexibility index (Phi) is 10.7. The van der Waals surface area contributed by atoms with E-state index in [0.717, 1.165) is 55.9 Å².